The Bertz CT molecular complexity index is 479. The van der Waals surface area contributed by atoms with Gasteiger partial charge in [-0.25, -0.2) is 4.63 Å². The zero-order chi connectivity index (χ0) is 10.8. The summed E-state index contributed by atoms with van der Waals surface area (Å²) < 4.78 is 8.22. The number of fused-ring (bicyclic) bond motifs is 1. The molecule has 1 aromatic carbocycles. The zero-order valence-corrected chi connectivity index (χ0v) is 9.67. The summed E-state index contributed by atoms with van der Waals surface area (Å²) in [6.45, 7) is 0. The molecule has 1 fully saturated rings. The fraction of sp³-hybridized carbons (Fsp3) is 0.455. The first-order valence-electron chi connectivity index (χ1n) is 5.57. The van der Waals surface area contributed by atoms with Gasteiger partial charge in [0.2, 0.25) is 0 Å². The predicted molar refractivity (Wildman–Crippen MR) is 63.1 cm³/mol. The van der Waals surface area contributed by atoms with Crippen molar-refractivity contribution in [1.29, 1.82) is 0 Å². The molecular weight excluding hydrogens is 222 g/mol. The lowest BCUT2D eigenvalue weighted by Gasteiger charge is -2.10. The molecule has 0 spiro atoms. The van der Waals surface area contributed by atoms with E-state index in [9.17, 15) is 0 Å². The molecule has 5 heteroatoms. The van der Waals surface area contributed by atoms with Crippen LogP contribution in [-0.4, -0.2) is 16.4 Å². The summed E-state index contributed by atoms with van der Waals surface area (Å²) in [6.07, 6.45) is 5.24. The molecule has 2 aromatic rings. The molecule has 0 saturated heterocycles. The van der Waals surface area contributed by atoms with Gasteiger partial charge in [0.15, 0.2) is 0 Å². The molecule has 3 rings (SSSR count). The Morgan fingerprint density at radius 3 is 3.00 bits per heavy atom. The van der Waals surface area contributed by atoms with Crippen molar-refractivity contribution in [3.8, 4) is 0 Å². The third kappa shape index (κ3) is 1.92. The highest BCUT2D eigenvalue weighted by atomic mass is 32.2. The summed E-state index contributed by atoms with van der Waals surface area (Å²) in [5, 5.41) is 7.75. The van der Waals surface area contributed by atoms with Crippen molar-refractivity contribution in [2.75, 3.05) is 0 Å². The van der Waals surface area contributed by atoms with Crippen LogP contribution in [0.25, 0.3) is 11.0 Å². The van der Waals surface area contributed by atoms with Crippen molar-refractivity contribution in [2.24, 2.45) is 0 Å². The van der Waals surface area contributed by atoms with Gasteiger partial charge >= 0.3 is 0 Å². The largest absolute Gasteiger partial charge is 0.257 e. The van der Waals surface area contributed by atoms with E-state index in [4.69, 9.17) is 4.63 Å². The number of nitrogens with one attached hydrogen (secondary N) is 1. The van der Waals surface area contributed by atoms with Crippen molar-refractivity contribution in [3.63, 3.8) is 0 Å². The smallest absolute Gasteiger partial charge is 0.150 e. The van der Waals surface area contributed by atoms with Gasteiger partial charge in [-0.15, -0.1) is 0 Å². The second-order valence-electron chi connectivity index (χ2n) is 4.09. The highest BCUT2D eigenvalue weighted by molar-refractivity contribution is 7.97. The zero-order valence-electron chi connectivity index (χ0n) is 8.85. The van der Waals surface area contributed by atoms with Gasteiger partial charge in [0.1, 0.15) is 11.0 Å². The fourth-order valence-corrected chi connectivity index (χ4v) is 2.97. The topological polar surface area (TPSA) is 51.0 Å². The highest BCUT2D eigenvalue weighted by Gasteiger charge is 2.15. The highest BCUT2D eigenvalue weighted by Crippen LogP contribution is 2.26. The van der Waals surface area contributed by atoms with Gasteiger partial charge in [0.25, 0.3) is 0 Å². The van der Waals surface area contributed by atoms with E-state index >= 15 is 0 Å². The molecule has 0 aliphatic heterocycles. The van der Waals surface area contributed by atoms with Crippen LogP contribution in [0.3, 0.4) is 0 Å². The molecule has 1 aromatic heterocycles. The van der Waals surface area contributed by atoms with E-state index in [-0.39, 0.29) is 0 Å². The Labute approximate surface area is 97.9 Å². The van der Waals surface area contributed by atoms with E-state index in [1.54, 1.807) is 11.9 Å². The van der Waals surface area contributed by atoms with Crippen molar-refractivity contribution in [3.05, 3.63) is 18.2 Å². The van der Waals surface area contributed by atoms with Gasteiger partial charge in [-0.1, -0.05) is 18.9 Å². The van der Waals surface area contributed by atoms with Crippen LogP contribution in [0, 0.1) is 0 Å². The first-order valence-corrected chi connectivity index (χ1v) is 6.39. The van der Waals surface area contributed by atoms with Gasteiger partial charge < -0.3 is 0 Å². The normalized spacial score (nSPS) is 17.2. The predicted octanol–water partition coefficient (Wildman–Crippen LogP) is 2.76. The number of aromatic nitrogens is 2. The molecule has 1 aliphatic carbocycles. The molecule has 1 saturated carbocycles. The van der Waals surface area contributed by atoms with Crippen LogP contribution in [0.5, 0.6) is 0 Å². The third-order valence-corrected chi connectivity index (χ3v) is 3.94. The van der Waals surface area contributed by atoms with E-state index in [1.807, 2.05) is 18.2 Å². The monoisotopic (exact) mass is 235 g/mol. The lowest BCUT2D eigenvalue weighted by Crippen LogP contribution is -2.18. The summed E-state index contributed by atoms with van der Waals surface area (Å²) in [5.74, 6) is 0. The molecule has 0 unspecified atom stereocenters. The molecule has 0 amide bonds. The summed E-state index contributed by atoms with van der Waals surface area (Å²) in [7, 11) is 0. The molecule has 0 radical (unpaired) electrons. The van der Waals surface area contributed by atoms with Crippen LogP contribution in [0.15, 0.2) is 27.7 Å². The van der Waals surface area contributed by atoms with E-state index in [1.165, 1.54) is 25.7 Å². The number of hydrogen-bond acceptors (Lipinski definition) is 5. The van der Waals surface area contributed by atoms with Crippen molar-refractivity contribution in [2.45, 2.75) is 36.6 Å². The SMILES string of the molecule is c1cc(SNC2CCCC2)c2nonc2c1. The first kappa shape index (κ1) is 10.1. The maximum Gasteiger partial charge on any atom is 0.150 e. The number of rotatable bonds is 3. The van der Waals surface area contributed by atoms with Gasteiger partial charge in [0.05, 0.1) is 4.90 Å². The van der Waals surface area contributed by atoms with E-state index in [0.29, 0.717) is 6.04 Å². The molecule has 84 valence electrons. The summed E-state index contributed by atoms with van der Waals surface area (Å²) in [4.78, 5) is 1.09. The average molecular weight is 235 g/mol. The van der Waals surface area contributed by atoms with E-state index < -0.39 is 0 Å². The van der Waals surface area contributed by atoms with Crippen LogP contribution >= 0.6 is 11.9 Å². The average Bonchev–Trinajstić information content (AvgIpc) is 2.97. The Balaban J connectivity index is 1.75. The van der Waals surface area contributed by atoms with Gasteiger partial charge in [-0.05, 0) is 47.2 Å². The maximum absolute atomic E-state index is 4.74. The minimum Gasteiger partial charge on any atom is -0.257 e. The summed E-state index contributed by atoms with van der Waals surface area (Å²) >= 11 is 1.64. The van der Waals surface area contributed by atoms with E-state index in [0.717, 1.165) is 15.9 Å². The van der Waals surface area contributed by atoms with Crippen LogP contribution in [0.4, 0.5) is 0 Å². The molecule has 4 nitrogen and oxygen atoms in total. The number of nitrogens with zero attached hydrogens (tertiary/aromatic N) is 2. The van der Waals surface area contributed by atoms with Gasteiger partial charge in [0, 0.05) is 6.04 Å². The molecule has 1 N–H and O–H groups in total. The number of benzene rings is 1. The second-order valence-corrected chi connectivity index (χ2v) is 4.97. The third-order valence-electron chi connectivity index (χ3n) is 2.94. The number of hydrogen-bond donors (Lipinski definition) is 1. The van der Waals surface area contributed by atoms with E-state index in [2.05, 4.69) is 15.0 Å². The van der Waals surface area contributed by atoms with Crippen LogP contribution in [0.1, 0.15) is 25.7 Å². The minimum absolute atomic E-state index is 0.639. The van der Waals surface area contributed by atoms with Crippen LogP contribution in [0.2, 0.25) is 0 Å². The summed E-state index contributed by atoms with van der Waals surface area (Å²) in [5.41, 5.74) is 1.66. The molecule has 0 bridgehead atoms. The Morgan fingerprint density at radius 1 is 1.25 bits per heavy atom. The van der Waals surface area contributed by atoms with Crippen LogP contribution < -0.4 is 4.72 Å². The Kier molecular flexibility index (Phi) is 2.80. The lowest BCUT2D eigenvalue weighted by molar-refractivity contribution is 0.315. The first-order chi connectivity index (χ1) is 7.93. The lowest BCUT2D eigenvalue weighted by atomic mass is 10.3. The fourth-order valence-electron chi connectivity index (χ4n) is 2.05. The Morgan fingerprint density at radius 2 is 2.12 bits per heavy atom. The van der Waals surface area contributed by atoms with Gasteiger partial charge in [-0.2, -0.15) is 0 Å². The summed E-state index contributed by atoms with van der Waals surface area (Å²) in [6, 6.07) is 6.57. The Hall–Kier alpha value is -1.07. The second kappa shape index (κ2) is 4.43. The minimum atomic E-state index is 0.639. The quantitative estimate of drug-likeness (QED) is 0.829. The van der Waals surface area contributed by atoms with Crippen LogP contribution in [-0.2, 0) is 0 Å². The van der Waals surface area contributed by atoms with Gasteiger partial charge in [-0.3, -0.25) is 4.72 Å². The van der Waals surface area contributed by atoms with Crippen molar-refractivity contribution in [1.82, 2.24) is 15.0 Å². The standard InChI is InChI=1S/C11H13N3OS/c1-2-5-8(4-1)14-16-10-7-3-6-9-11(10)13-15-12-9/h3,6-8,14H,1-2,4-5H2. The van der Waals surface area contributed by atoms with Crippen molar-refractivity contribution >= 4 is 23.0 Å². The molecule has 16 heavy (non-hydrogen) atoms. The molecular formula is C11H13N3OS. The molecule has 1 heterocycles. The molecule has 1 aliphatic rings. The maximum atomic E-state index is 4.74. The van der Waals surface area contributed by atoms with Crippen molar-refractivity contribution < 1.29 is 4.63 Å². The molecule has 0 atom stereocenters.